The van der Waals surface area contributed by atoms with Gasteiger partial charge in [-0.3, -0.25) is 4.79 Å². The van der Waals surface area contributed by atoms with Crippen LogP contribution in [0.4, 0.5) is 5.69 Å². The molecule has 4 heteroatoms. The average molecular weight is 275 g/mol. The molecule has 0 unspecified atom stereocenters. The van der Waals surface area contributed by atoms with Gasteiger partial charge in [0.2, 0.25) is 0 Å². The van der Waals surface area contributed by atoms with Gasteiger partial charge in [-0.2, -0.15) is 0 Å². The SMILES string of the molecule is CC(C(=O)Nc1ccc(OCCO)cc1)=C1CCCC1. The molecule has 1 aliphatic rings. The molecule has 0 aromatic heterocycles. The quantitative estimate of drug-likeness (QED) is 0.812. The number of hydrogen-bond acceptors (Lipinski definition) is 3. The summed E-state index contributed by atoms with van der Waals surface area (Å²) in [4.78, 5) is 12.1. The Hall–Kier alpha value is -1.81. The number of carbonyl (C=O) groups excluding carboxylic acids is 1. The van der Waals surface area contributed by atoms with Crippen LogP contribution in [-0.4, -0.2) is 24.2 Å². The van der Waals surface area contributed by atoms with E-state index in [1.807, 2.05) is 6.92 Å². The van der Waals surface area contributed by atoms with Gasteiger partial charge in [-0.1, -0.05) is 5.57 Å². The topological polar surface area (TPSA) is 58.6 Å². The van der Waals surface area contributed by atoms with E-state index in [-0.39, 0.29) is 19.1 Å². The fourth-order valence-corrected chi connectivity index (χ4v) is 2.36. The maximum atomic E-state index is 12.1. The summed E-state index contributed by atoms with van der Waals surface area (Å²) < 4.78 is 5.27. The monoisotopic (exact) mass is 275 g/mol. The van der Waals surface area contributed by atoms with Crippen LogP contribution in [0.15, 0.2) is 35.4 Å². The van der Waals surface area contributed by atoms with Gasteiger partial charge in [0.15, 0.2) is 0 Å². The Bertz CT molecular complexity index is 483. The molecule has 4 nitrogen and oxygen atoms in total. The van der Waals surface area contributed by atoms with Crippen molar-refractivity contribution in [3.05, 3.63) is 35.4 Å². The number of aliphatic hydroxyl groups excluding tert-OH is 1. The van der Waals surface area contributed by atoms with Crippen LogP contribution in [0.3, 0.4) is 0 Å². The summed E-state index contributed by atoms with van der Waals surface area (Å²) in [6.07, 6.45) is 4.48. The zero-order valence-electron chi connectivity index (χ0n) is 11.8. The highest BCUT2D eigenvalue weighted by molar-refractivity contribution is 6.03. The molecule has 1 fully saturated rings. The Morgan fingerprint density at radius 3 is 2.50 bits per heavy atom. The van der Waals surface area contributed by atoms with Gasteiger partial charge in [0, 0.05) is 11.3 Å². The smallest absolute Gasteiger partial charge is 0.251 e. The van der Waals surface area contributed by atoms with Gasteiger partial charge < -0.3 is 15.2 Å². The highest BCUT2D eigenvalue weighted by atomic mass is 16.5. The van der Waals surface area contributed by atoms with E-state index in [1.54, 1.807) is 24.3 Å². The first-order valence-electron chi connectivity index (χ1n) is 7.04. The van der Waals surface area contributed by atoms with Gasteiger partial charge in [0.25, 0.3) is 5.91 Å². The number of hydrogen-bond donors (Lipinski definition) is 2. The summed E-state index contributed by atoms with van der Waals surface area (Å²) in [7, 11) is 0. The van der Waals surface area contributed by atoms with Crippen molar-refractivity contribution in [1.29, 1.82) is 0 Å². The molecule has 0 bridgehead atoms. The molecule has 2 rings (SSSR count). The summed E-state index contributed by atoms with van der Waals surface area (Å²) in [6.45, 7) is 2.16. The first-order chi connectivity index (χ1) is 9.70. The van der Waals surface area contributed by atoms with Gasteiger partial charge in [-0.15, -0.1) is 0 Å². The number of ether oxygens (including phenoxy) is 1. The molecular formula is C16H21NO3. The lowest BCUT2D eigenvalue weighted by Crippen LogP contribution is -2.14. The van der Waals surface area contributed by atoms with Crippen molar-refractivity contribution in [2.45, 2.75) is 32.6 Å². The second-order valence-corrected chi connectivity index (χ2v) is 4.99. The molecule has 1 aromatic carbocycles. The number of anilines is 1. The van der Waals surface area contributed by atoms with Crippen LogP contribution in [0.25, 0.3) is 0 Å². The zero-order valence-corrected chi connectivity index (χ0v) is 11.8. The van der Waals surface area contributed by atoms with Crippen LogP contribution in [-0.2, 0) is 4.79 Å². The minimum Gasteiger partial charge on any atom is -0.491 e. The van der Waals surface area contributed by atoms with Crippen molar-refractivity contribution in [3.8, 4) is 5.75 Å². The molecule has 1 aliphatic carbocycles. The molecular weight excluding hydrogens is 254 g/mol. The van der Waals surface area contributed by atoms with E-state index in [2.05, 4.69) is 5.32 Å². The third kappa shape index (κ3) is 3.84. The second kappa shape index (κ2) is 7.10. The highest BCUT2D eigenvalue weighted by Gasteiger charge is 2.14. The number of carbonyl (C=O) groups is 1. The van der Waals surface area contributed by atoms with Crippen molar-refractivity contribution >= 4 is 11.6 Å². The normalized spacial score (nSPS) is 14.2. The van der Waals surface area contributed by atoms with Crippen LogP contribution in [0.2, 0.25) is 0 Å². The van der Waals surface area contributed by atoms with Crippen LogP contribution in [0.1, 0.15) is 32.6 Å². The maximum absolute atomic E-state index is 12.1. The molecule has 20 heavy (non-hydrogen) atoms. The van der Waals surface area contributed by atoms with E-state index < -0.39 is 0 Å². The predicted octanol–water partition coefficient (Wildman–Crippen LogP) is 2.89. The van der Waals surface area contributed by atoms with Crippen LogP contribution < -0.4 is 10.1 Å². The predicted molar refractivity (Wildman–Crippen MR) is 78.8 cm³/mol. The van der Waals surface area contributed by atoms with Gasteiger partial charge in [-0.25, -0.2) is 0 Å². The molecule has 0 spiro atoms. The minimum atomic E-state index is -0.0223. The van der Waals surface area contributed by atoms with E-state index in [0.29, 0.717) is 5.75 Å². The largest absolute Gasteiger partial charge is 0.491 e. The third-order valence-corrected chi connectivity index (χ3v) is 3.55. The first-order valence-corrected chi connectivity index (χ1v) is 7.04. The average Bonchev–Trinajstić information content (AvgIpc) is 3.00. The molecule has 0 atom stereocenters. The summed E-state index contributed by atoms with van der Waals surface area (Å²) >= 11 is 0. The van der Waals surface area contributed by atoms with E-state index in [9.17, 15) is 4.79 Å². The summed E-state index contributed by atoms with van der Waals surface area (Å²) in [6, 6.07) is 7.17. The number of nitrogens with one attached hydrogen (secondary N) is 1. The number of amides is 1. The van der Waals surface area contributed by atoms with Gasteiger partial charge in [0.05, 0.1) is 6.61 Å². The van der Waals surface area contributed by atoms with Gasteiger partial charge in [0.1, 0.15) is 12.4 Å². The Morgan fingerprint density at radius 2 is 1.90 bits per heavy atom. The molecule has 2 N–H and O–H groups in total. The lowest BCUT2D eigenvalue weighted by atomic mass is 10.1. The van der Waals surface area contributed by atoms with Crippen molar-refractivity contribution in [2.75, 3.05) is 18.5 Å². The van der Waals surface area contributed by atoms with Crippen molar-refractivity contribution in [3.63, 3.8) is 0 Å². The molecule has 1 aromatic rings. The zero-order chi connectivity index (χ0) is 14.4. The number of benzene rings is 1. The highest BCUT2D eigenvalue weighted by Crippen LogP contribution is 2.27. The molecule has 0 saturated heterocycles. The second-order valence-electron chi connectivity index (χ2n) is 4.99. The van der Waals surface area contributed by atoms with Crippen molar-refractivity contribution < 1.29 is 14.6 Å². The van der Waals surface area contributed by atoms with Crippen molar-refractivity contribution in [1.82, 2.24) is 0 Å². The number of aliphatic hydroxyl groups is 1. The third-order valence-electron chi connectivity index (χ3n) is 3.55. The summed E-state index contributed by atoms with van der Waals surface area (Å²) in [5, 5.41) is 11.6. The molecule has 108 valence electrons. The molecule has 0 heterocycles. The Labute approximate surface area is 119 Å². The van der Waals surface area contributed by atoms with Gasteiger partial charge >= 0.3 is 0 Å². The fourth-order valence-electron chi connectivity index (χ4n) is 2.36. The van der Waals surface area contributed by atoms with E-state index in [1.165, 1.54) is 18.4 Å². The van der Waals surface area contributed by atoms with Crippen LogP contribution in [0, 0.1) is 0 Å². The molecule has 1 saturated carbocycles. The number of rotatable bonds is 5. The van der Waals surface area contributed by atoms with Crippen LogP contribution in [0.5, 0.6) is 5.75 Å². The molecule has 1 amide bonds. The molecule has 0 aliphatic heterocycles. The fraction of sp³-hybridized carbons (Fsp3) is 0.438. The minimum absolute atomic E-state index is 0.00868. The van der Waals surface area contributed by atoms with E-state index in [4.69, 9.17) is 9.84 Å². The van der Waals surface area contributed by atoms with Crippen molar-refractivity contribution in [2.24, 2.45) is 0 Å². The van der Waals surface area contributed by atoms with Gasteiger partial charge in [-0.05, 0) is 56.9 Å². The maximum Gasteiger partial charge on any atom is 0.251 e. The van der Waals surface area contributed by atoms with E-state index >= 15 is 0 Å². The lowest BCUT2D eigenvalue weighted by molar-refractivity contribution is -0.112. The Morgan fingerprint density at radius 1 is 1.25 bits per heavy atom. The Balaban J connectivity index is 1.95. The Kier molecular flexibility index (Phi) is 5.18. The summed E-state index contributed by atoms with van der Waals surface area (Å²) in [5.41, 5.74) is 2.89. The van der Waals surface area contributed by atoms with Crippen LogP contribution >= 0.6 is 0 Å². The van der Waals surface area contributed by atoms with E-state index in [0.717, 1.165) is 24.1 Å². The number of allylic oxidation sites excluding steroid dienone is 1. The lowest BCUT2D eigenvalue weighted by Gasteiger charge is -2.09. The standard InChI is InChI=1S/C16H21NO3/c1-12(13-4-2-3-5-13)16(19)17-14-6-8-15(9-7-14)20-11-10-18/h6-9,18H,2-5,10-11H2,1H3,(H,17,19). The summed E-state index contributed by atoms with van der Waals surface area (Å²) in [5.74, 6) is 0.661. The molecule has 0 radical (unpaired) electrons. The first kappa shape index (κ1) is 14.6.